The van der Waals surface area contributed by atoms with Crippen LogP contribution in [0.3, 0.4) is 0 Å². The molecule has 0 saturated carbocycles. The number of hydrogen-bond donors (Lipinski definition) is 1. The Morgan fingerprint density at radius 2 is 2.07 bits per heavy atom. The second kappa shape index (κ2) is 8.02. The lowest BCUT2D eigenvalue weighted by Crippen LogP contribution is -2.47. The third kappa shape index (κ3) is 3.60. The van der Waals surface area contributed by atoms with Crippen LogP contribution in [0.25, 0.3) is 10.2 Å². The maximum Gasteiger partial charge on any atom is 0.253 e. The first-order chi connectivity index (χ1) is 13.7. The van der Waals surface area contributed by atoms with Crippen LogP contribution in [0.2, 0.25) is 0 Å². The van der Waals surface area contributed by atoms with Crippen LogP contribution in [0.1, 0.15) is 23.2 Å². The van der Waals surface area contributed by atoms with Gasteiger partial charge in [-0.05, 0) is 37.1 Å². The highest BCUT2D eigenvalue weighted by molar-refractivity contribution is 7.22. The Hall–Kier alpha value is -2.87. The molecule has 1 unspecified atom stereocenters. The molecule has 1 aliphatic heterocycles. The zero-order valence-electron chi connectivity index (χ0n) is 15.8. The highest BCUT2D eigenvalue weighted by Gasteiger charge is 2.25. The van der Waals surface area contributed by atoms with E-state index in [0.717, 1.165) is 52.8 Å². The number of thiazole rings is 1. The molecule has 146 valence electrons. The van der Waals surface area contributed by atoms with Gasteiger partial charge >= 0.3 is 0 Å². The molecule has 3 aromatic rings. The van der Waals surface area contributed by atoms with Gasteiger partial charge in [0.25, 0.3) is 5.91 Å². The number of carbonyl (C=O) groups is 1. The molecule has 1 atom stereocenters. The SMILES string of the molecule is COc1ccc(OC)c2sc(N3CCCC(NC(=O)c4cccnc4)C3)nc12. The summed E-state index contributed by atoms with van der Waals surface area (Å²) in [4.78, 5) is 23.5. The van der Waals surface area contributed by atoms with Crippen molar-refractivity contribution in [3.8, 4) is 11.5 Å². The highest BCUT2D eigenvalue weighted by Crippen LogP contribution is 2.40. The molecular formula is C20H22N4O3S. The lowest BCUT2D eigenvalue weighted by atomic mass is 10.1. The smallest absolute Gasteiger partial charge is 0.253 e. The third-order valence-corrected chi connectivity index (χ3v) is 5.98. The number of benzene rings is 1. The van der Waals surface area contributed by atoms with Gasteiger partial charge in [-0.15, -0.1) is 0 Å². The minimum atomic E-state index is -0.0902. The summed E-state index contributed by atoms with van der Waals surface area (Å²) in [6.45, 7) is 1.63. The van der Waals surface area contributed by atoms with Crippen molar-refractivity contribution in [2.24, 2.45) is 0 Å². The fourth-order valence-electron chi connectivity index (χ4n) is 3.44. The van der Waals surface area contributed by atoms with E-state index in [-0.39, 0.29) is 11.9 Å². The Bertz CT molecular complexity index is 935. The van der Waals surface area contributed by atoms with Gasteiger partial charge in [-0.1, -0.05) is 11.3 Å². The fourth-order valence-corrected chi connectivity index (χ4v) is 4.55. The van der Waals surface area contributed by atoms with E-state index < -0.39 is 0 Å². The zero-order chi connectivity index (χ0) is 19.5. The molecule has 2 aromatic heterocycles. The van der Waals surface area contributed by atoms with Crippen LogP contribution in [0.4, 0.5) is 5.13 Å². The number of carbonyl (C=O) groups excluding carboxylic acids is 1. The predicted octanol–water partition coefficient (Wildman–Crippen LogP) is 3.11. The van der Waals surface area contributed by atoms with Crippen molar-refractivity contribution in [2.45, 2.75) is 18.9 Å². The predicted molar refractivity (Wildman–Crippen MR) is 110 cm³/mol. The summed E-state index contributed by atoms with van der Waals surface area (Å²) in [5, 5.41) is 4.04. The Morgan fingerprint density at radius 1 is 1.25 bits per heavy atom. The number of anilines is 1. The van der Waals surface area contributed by atoms with Crippen LogP contribution in [0.5, 0.6) is 11.5 Å². The average molecular weight is 398 g/mol. The zero-order valence-corrected chi connectivity index (χ0v) is 16.7. The van der Waals surface area contributed by atoms with Gasteiger partial charge in [0.1, 0.15) is 21.7 Å². The molecule has 0 bridgehead atoms. The number of rotatable bonds is 5. The number of hydrogen-bond acceptors (Lipinski definition) is 7. The van der Waals surface area contributed by atoms with E-state index >= 15 is 0 Å². The molecule has 1 saturated heterocycles. The second-order valence-electron chi connectivity index (χ2n) is 6.64. The van der Waals surface area contributed by atoms with Gasteiger partial charge in [0.2, 0.25) is 0 Å². The Labute approximate surface area is 167 Å². The van der Waals surface area contributed by atoms with Crippen molar-refractivity contribution in [1.82, 2.24) is 15.3 Å². The van der Waals surface area contributed by atoms with E-state index in [4.69, 9.17) is 14.5 Å². The molecule has 3 heterocycles. The summed E-state index contributed by atoms with van der Waals surface area (Å²) in [5.74, 6) is 1.43. The van der Waals surface area contributed by atoms with E-state index in [2.05, 4.69) is 15.2 Å². The van der Waals surface area contributed by atoms with E-state index in [1.807, 2.05) is 12.1 Å². The molecule has 0 radical (unpaired) electrons. The standard InChI is InChI=1S/C20H22N4O3S/c1-26-15-7-8-16(27-2)18-17(15)23-20(28-18)24-10-4-6-14(12-24)22-19(25)13-5-3-9-21-11-13/h3,5,7-9,11,14H,4,6,10,12H2,1-2H3,(H,22,25). The molecule has 7 nitrogen and oxygen atoms in total. The quantitative estimate of drug-likeness (QED) is 0.712. The molecule has 1 aliphatic rings. The molecular weight excluding hydrogens is 376 g/mol. The Balaban J connectivity index is 1.54. The van der Waals surface area contributed by atoms with Crippen molar-refractivity contribution < 1.29 is 14.3 Å². The number of ether oxygens (including phenoxy) is 2. The summed E-state index contributed by atoms with van der Waals surface area (Å²) in [7, 11) is 3.30. The highest BCUT2D eigenvalue weighted by atomic mass is 32.1. The minimum Gasteiger partial charge on any atom is -0.495 e. The van der Waals surface area contributed by atoms with Crippen LogP contribution >= 0.6 is 11.3 Å². The molecule has 4 rings (SSSR count). The molecule has 0 spiro atoms. The topological polar surface area (TPSA) is 76.6 Å². The maximum absolute atomic E-state index is 12.4. The van der Waals surface area contributed by atoms with E-state index in [0.29, 0.717) is 5.56 Å². The van der Waals surface area contributed by atoms with Crippen molar-refractivity contribution in [2.75, 3.05) is 32.2 Å². The van der Waals surface area contributed by atoms with Crippen molar-refractivity contribution in [1.29, 1.82) is 0 Å². The lowest BCUT2D eigenvalue weighted by molar-refractivity contribution is 0.0933. The van der Waals surface area contributed by atoms with Gasteiger partial charge in [0.05, 0.1) is 19.8 Å². The van der Waals surface area contributed by atoms with Crippen molar-refractivity contribution >= 4 is 32.6 Å². The average Bonchev–Trinajstić information content (AvgIpc) is 3.19. The number of fused-ring (bicyclic) bond motifs is 1. The monoisotopic (exact) mass is 398 g/mol. The minimum absolute atomic E-state index is 0.0669. The summed E-state index contributed by atoms with van der Waals surface area (Å²) in [6.07, 6.45) is 5.18. The number of aromatic nitrogens is 2. The Morgan fingerprint density at radius 3 is 2.82 bits per heavy atom. The van der Waals surface area contributed by atoms with Crippen molar-refractivity contribution in [3.63, 3.8) is 0 Å². The first kappa shape index (κ1) is 18.5. The van der Waals surface area contributed by atoms with Gasteiger partial charge in [0, 0.05) is 31.5 Å². The van der Waals surface area contributed by atoms with E-state index in [9.17, 15) is 4.79 Å². The number of piperidine rings is 1. The van der Waals surface area contributed by atoms with Gasteiger partial charge in [-0.25, -0.2) is 4.98 Å². The van der Waals surface area contributed by atoms with Crippen LogP contribution in [-0.4, -0.2) is 49.2 Å². The second-order valence-corrected chi connectivity index (χ2v) is 7.62. The van der Waals surface area contributed by atoms with Gasteiger partial charge in [-0.2, -0.15) is 0 Å². The fraction of sp³-hybridized carbons (Fsp3) is 0.350. The summed E-state index contributed by atoms with van der Waals surface area (Å²) in [5.41, 5.74) is 1.39. The van der Waals surface area contributed by atoms with E-state index in [1.165, 1.54) is 0 Å². The molecule has 0 aliphatic carbocycles. The number of nitrogens with zero attached hydrogens (tertiary/aromatic N) is 3. The third-order valence-electron chi connectivity index (χ3n) is 4.85. The van der Waals surface area contributed by atoms with Gasteiger partial charge < -0.3 is 19.7 Å². The number of amides is 1. The molecule has 1 N–H and O–H groups in total. The summed E-state index contributed by atoms with van der Waals surface area (Å²) in [6, 6.07) is 7.38. The van der Waals surface area contributed by atoms with Gasteiger partial charge in [0.15, 0.2) is 5.13 Å². The number of nitrogens with one attached hydrogen (secondary N) is 1. The summed E-state index contributed by atoms with van der Waals surface area (Å²) >= 11 is 1.59. The van der Waals surface area contributed by atoms with E-state index in [1.54, 1.807) is 50.1 Å². The van der Waals surface area contributed by atoms with Crippen LogP contribution in [-0.2, 0) is 0 Å². The first-order valence-corrected chi connectivity index (χ1v) is 9.98. The number of pyridine rings is 1. The largest absolute Gasteiger partial charge is 0.495 e. The maximum atomic E-state index is 12.4. The molecule has 1 amide bonds. The van der Waals surface area contributed by atoms with Crippen LogP contribution in [0, 0.1) is 0 Å². The van der Waals surface area contributed by atoms with Crippen LogP contribution < -0.4 is 19.7 Å². The molecule has 8 heteroatoms. The van der Waals surface area contributed by atoms with Gasteiger partial charge in [-0.3, -0.25) is 9.78 Å². The van der Waals surface area contributed by atoms with Crippen molar-refractivity contribution in [3.05, 3.63) is 42.2 Å². The normalized spacial score (nSPS) is 16.8. The molecule has 1 aromatic carbocycles. The molecule has 28 heavy (non-hydrogen) atoms. The lowest BCUT2D eigenvalue weighted by Gasteiger charge is -2.32. The first-order valence-electron chi connectivity index (χ1n) is 9.17. The Kier molecular flexibility index (Phi) is 5.29. The number of methoxy groups -OCH3 is 2. The summed E-state index contributed by atoms with van der Waals surface area (Å²) < 4.78 is 11.9. The van der Waals surface area contributed by atoms with Crippen LogP contribution in [0.15, 0.2) is 36.7 Å². The molecule has 1 fully saturated rings.